The molecular formula is C7H8F4N2. The van der Waals surface area contributed by atoms with Crippen molar-refractivity contribution in [3.05, 3.63) is 17.7 Å². The van der Waals surface area contributed by atoms with Gasteiger partial charge in [-0.05, 0) is 6.92 Å². The van der Waals surface area contributed by atoms with Gasteiger partial charge in [-0.25, -0.2) is 4.98 Å². The van der Waals surface area contributed by atoms with E-state index in [0.29, 0.717) is 6.20 Å². The molecule has 2 nitrogen and oxygen atoms in total. The molecule has 0 spiro atoms. The monoisotopic (exact) mass is 196 g/mol. The van der Waals surface area contributed by atoms with E-state index in [1.807, 2.05) is 0 Å². The molecule has 0 saturated heterocycles. The summed E-state index contributed by atoms with van der Waals surface area (Å²) in [7, 11) is 0. The van der Waals surface area contributed by atoms with Crippen LogP contribution in [0.15, 0.2) is 6.20 Å². The molecule has 0 bridgehead atoms. The third-order valence-electron chi connectivity index (χ3n) is 1.59. The molecule has 13 heavy (non-hydrogen) atoms. The Hall–Kier alpha value is -1.07. The molecule has 1 N–H and O–H groups in total. The Balaban J connectivity index is 3.07. The van der Waals surface area contributed by atoms with Crippen LogP contribution in [0.1, 0.15) is 18.4 Å². The second kappa shape index (κ2) is 2.71. The van der Waals surface area contributed by atoms with Crippen molar-refractivity contribution in [3.63, 3.8) is 0 Å². The zero-order valence-electron chi connectivity index (χ0n) is 7.04. The minimum atomic E-state index is -4.20. The maximum Gasteiger partial charge on any atom is 0.350 e. The zero-order valence-corrected chi connectivity index (χ0v) is 7.04. The predicted octanol–water partition coefficient (Wildman–Crippen LogP) is 2.47. The maximum absolute atomic E-state index is 12.9. The first-order valence-electron chi connectivity index (χ1n) is 3.53. The first-order chi connectivity index (χ1) is 5.75. The number of alkyl halides is 4. The lowest BCUT2D eigenvalue weighted by molar-refractivity contribution is -0.206. The summed E-state index contributed by atoms with van der Waals surface area (Å²) in [6.45, 7) is 1.58. The lowest BCUT2D eigenvalue weighted by Gasteiger charge is -2.21. The predicted molar refractivity (Wildman–Crippen MR) is 37.8 cm³/mol. The number of H-pyrrole nitrogens is 1. The van der Waals surface area contributed by atoms with Crippen molar-refractivity contribution in [2.75, 3.05) is 0 Å². The van der Waals surface area contributed by atoms with Crippen LogP contribution in [0.3, 0.4) is 0 Å². The number of nitrogens with one attached hydrogen (secondary N) is 1. The van der Waals surface area contributed by atoms with E-state index in [4.69, 9.17) is 0 Å². The second-order valence-electron chi connectivity index (χ2n) is 2.85. The van der Waals surface area contributed by atoms with Crippen LogP contribution in [-0.2, 0) is 5.92 Å². The SMILES string of the molecule is Cc1ncc(C(F)(F)C(C)(F)F)[nH]1. The largest absolute Gasteiger partial charge is 0.350 e. The summed E-state index contributed by atoms with van der Waals surface area (Å²) in [5, 5.41) is 0. The van der Waals surface area contributed by atoms with Crippen LogP contribution in [0, 0.1) is 6.92 Å². The number of aryl methyl sites for hydroxylation is 1. The van der Waals surface area contributed by atoms with Crippen molar-refractivity contribution in [1.82, 2.24) is 9.97 Å². The van der Waals surface area contributed by atoms with Gasteiger partial charge >= 0.3 is 11.8 Å². The number of aromatic amines is 1. The first-order valence-corrected chi connectivity index (χ1v) is 3.53. The lowest BCUT2D eigenvalue weighted by atomic mass is 10.1. The Bertz CT molecular complexity index is 300. The van der Waals surface area contributed by atoms with Gasteiger partial charge in [0.2, 0.25) is 0 Å². The Morgan fingerprint density at radius 3 is 2.15 bits per heavy atom. The van der Waals surface area contributed by atoms with Gasteiger partial charge in [0.1, 0.15) is 11.5 Å². The standard InChI is InChI=1S/C7H8F4N2/c1-4-12-3-5(13-4)7(10,11)6(2,8)9/h3H,1-2H3,(H,12,13). The van der Waals surface area contributed by atoms with Crippen molar-refractivity contribution in [1.29, 1.82) is 0 Å². The number of aromatic nitrogens is 2. The van der Waals surface area contributed by atoms with Gasteiger partial charge < -0.3 is 4.98 Å². The summed E-state index contributed by atoms with van der Waals surface area (Å²) in [6.07, 6.45) is 0.715. The summed E-state index contributed by atoms with van der Waals surface area (Å²) < 4.78 is 50.5. The van der Waals surface area contributed by atoms with Crippen LogP contribution in [-0.4, -0.2) is 15.9 Å². The van der Waals surface area contributed by atoms with Crippen LogP contribution >= 0.6 is 0 Å². The van der Waals surface area contributed by atoms with Gasteiger partial charge in [0.25, 0.3) is 0 Å². The Labute approximate surface area is 72.0 Å². The minimum absolute atomic E-state index is 0.170. The van der Waals surface area contributed by atoms with E-state index in [0.717, 1.165) is 0 Å². The van der Waals surface area contributed by atoms with Crippen LogP contribution < -0.4 is 0 Å². The lowest BCUT2D eigenvalue weighted by Crippen LogP contribution is -2.35. The average Bonchev–Trinajstić information content (AvgIpc) is 2.33. The van der Waals surface area contributed by atoms with Crippen molar-refractivity contribution >= 4 is 0 Å². The molecule has 0 aliphatic carbocycles. The van der Waals surface area contributed by atoms with Crippen molar-refractivity contribution in [2.24, 2.45) is 0 Å². The smallest absolute Gasteiger partial charge is 0.341 e. The Kier molecular flexibility index (Phi) is 2.09. The van der Waals surface area contributed by atoms with Gasteiger partial charge in [-0.3, -0.25) is 0 Å². The molecule has 0 saturated carbocycles. The fraction of sp³-hybridized carbons (Fsp3) is 0.571. The van der Waals surface area contributed by atoms with Gasteiger partial charge in [0.15, 0.2) is 0 Å². The van der Waals surface area contributed by atoms with E-state index in [2.05, 4.69) is 9.97 Å². The number of hydrogen-bond acceptors (Lipinski definition) is 1. The second-order valence-corrected chi connectivity index (χ2v) is 2.85. The molecule has 6 heteroatoms. The highest BCUT2D eigenvalue weighted by atomic mass is 19.3. The van der Waals surface area contributed by atoms with Gasteiger partial charge in [-0.2, -0.15) is 17.6 Å². The molecule has 0 amide bonds. The molecule has 0 aliphatic heterocycles. The van der Waals surface area contributed by atoms with E-state index in [1.165, 1.54) is 6.92 Å². The maximum atomic E-state index is 12.9. The average molecular weight is 196 g/mol. The van der Waals surface area contributed by atoms with Crippen molar-refractivity contribution in [3.8, 4) is 0 Å². The molecule has 74 valence electrons. The number of halogens is 4. The highest BCUT2D eigenvalue weighted by molar-refractivity contribution is 5.10. The normalized spacial score (nSPS) is 13.4. The molecule has 0 aliphatic rings. The summed E-state index contributed by atoms with van der Waals surface area (Å²) >= 11 is 0. The summed E-state index contributed by atoms with van der Waals surface area (Å²) in [6, 6.07) is 0. The van der Waals surface area contributed by atoms with Crippen LogP contribution in [0.4, 0.5) is 17.6 Å². The highest BCUT2D eigenvalue weighted by Gasteiger charge is 2.54. The zero-order chi connectivity index (χ0) is 10.3. The summed E-state index contributed by atoms with van der Waals surface area (Å²) in [5.41, 5.74) is -0.863. The number of nitrogens with zero attached hydrogens (tertiary/aromatic N) is 1. The van der Waals surface area contributed by atoms with Crippen LogP contribution in [0.2, 0.25) is 0 Å². The van der Waals surface area contributed by atoms with E-state index >= 15 is 0 Å². The molecule has 1 aromatic heterocycles. The Morgan fingerprint density at radius 1 is 1.31 bits per heavy atom. The molecule has 0 radical (unpaired) electrons. The van der Waals surface area contributed by atoms with Gasteiger partial charge in [0, 0.05) is 6.92 Å². The third-order valence-corrected chi connectivity index (χ3v) is 1.59. The molecule has 1 heterocycles. The molecule has 1 rings (SSSR count). The first kappa shape index (κ1) is 10.0. The van der Waals surface area contributed by atoms with E-state index in [1.54, 1.807) is 0 Å². The molecule has 0 fully saturated rings. The molecule has 0 unspecified atom stereocenters. The number of imidazole rings is 1. The van der Waals surface area contributed by atoms with Gasteiger partial charge in [-0.15, -0.1) is 0 Å². The van der Waals surface area contributed by atoms with E-state index in [9.17, 15) is 17.6 Å². The minimum Gasteiger partial charge on any atom is -0.341 e. The Morgan fingerprint density at radius 2 is 1.85 bits per heavy atom. The van der Waals surface area contributed by atoms with E-state index in [-0.39, 0.29) is 12.7 Å². The van der Waals surface area contributed by atoms with Crippen molar-refractivity contribution < 1.29 is 17.6 Å². The quantitative estimate of drug-likeness (QED) is 0.723. The van der Waals surface area contributed by atoms with Gasteiger partial charge in [0.05, 0.1) is 6.20 Å². The molecular weight excluding hydrogens is 188 g/mol. The van der Waals surface area contributed by atoms with Gasteiger partial charge in [-0.1, -0.05) is 0 Å². The fourth-order valence-corrected chi connectivity index (χ4v) is 0.817. The topological polar surface area (TPSA) is 28.7 Å². The number of hydrogen-bond donors (Lipinski definition) is 1. The molecule has 1 aromatic rings. The molecule has 0 atom stereocenters. The third kappa shape index (κ3) is 1.66. The molecule has 0 aromatic carbocycles. The van der Waals surface area contributed by atoms with E-state index < -0.39 is 17.5 Å². The number of rotatable bonds is 2. The van der Waals surface area contributed by atoms with Crippen LogP contribution in [0.5, 0.6) is 0 Å². The van der Waals surface area contributed by atoms with Crippen LogP contribution in [0.25, 0.3) is 0 Å². The summed E-state index contributed by atoms with van der Waals surface area (Å²) in [5.74, 6) is -8.11. The highest BCUT2D eigenvalue weighted by Crippen LogP contribution is 2.41. The fourth-order valence-electron chi connectivity index (χ4n) is 0.817. The summed E-state index contributed by atoms with van der Waals surface area (Å²) in [4.78, 5) is 5.51. The van der Waals surface area contributed by atoms with Crippen molar-refractivity contribution in [2.45, 2.75) is 25.7 Å².